The highest BCUT2D eigenvalue weighted by atomic mass is 32.2. The van der Waals surface area contributed by atoms with Gasteiger partial charge in [-0.3, -0.25) is 9.69 Å². The van der Waals surface area contributed by atoms with Crippen molar-refractivity contribution in [2.75, 3.05) is 14.2 Å². The summed E-state index contributed by atoms with van der Waals surface area (Å²) in [6, 6.07) is 25.1. The Bertz CT molecular complexity index is 1130. The summed E-state index contributed by atoms with van der Waals surface area (Å²) in [5, 5.41) is 0.646. The first-order valence-corrected chi connectivity index (χ1v) is 10.6. The first-order valence-electron chi connectivity index (χ1n) is 9.79. The molecule has 0 unspecified atom stereocenters. The van der Waals surface area contributed by atoms with Crippen molar-refractivity contribution in [3.8, 4) is 11.5 Å². The molecular formula is C25H22N2O3S. The molecule has 0 radical (unpaired) electrons. The molecule has 0 atom stereocenters. The van der Waals surface area contributed by atoms with E-state index in [1.807, 2.05) is 84.9 Å². The molecule has 0 aliphatic carbocycles. The predicted octanol–water partition coefficient (Wildman–Crippen LogP) is 5.51. The minimum Gasteiger partial charge on any atom is -0.497 e. The lowest BCUT2D eigenvalue weighted by Gasteiger charge is -2.15. The maximum Gasteiger partial charge on any atom is 0.267 e. The van der Waals surface area contributed by atoms with Crippen molar-refractivity contribution in [2.45, 2.75) is 6.54 Å². The van der Waals surface area contributed by atoms with Crippen LogP contribution in [-0.2, 0) is 11.3 Å². The van der Waals surface area contributed by atoms with Crippen molar-refractivity contribution < 1.29 is 14.3 Å². The van der Waals surface area contributed by atoms with E-state index in [2.05, 4.69) is 0 Å². The molecule has 1 amide bonds. The van der Waals surface area contributed by atoms with Gasteiger partial charge in [0.1, 0.15) is 11.5 Å². The molecular weight excluding hydrogens is 408 g/mol. The van der Waals surface area contributed by atoms with Crippen LogP contribution in [0.5, 0.6) is 11.5 Å². The molecule has 1 aliphatic heterocycles. The lowest BCUT2D eigenvalue weighted by Crippen LogP contribution is -2.28. The molecule has 0 aromatic heterocycles. The van der Waals surface area contributed by atoms with Gasteiger partial charge in [-0.05, 0) is 53.7 Å². The topological polar surface area (TPSA) is 51.1 Å². The predicted molar refractivity (Wildman–Crippen MR) is 126 cm³/mol. The van der Waals surface area contributed by atoms with Gasteiger partial charge in [0.15, 0.2) is 5.17 Å². The van der Waals surface area contributed by atoms with E-state index in [0.29, 0.717) is 28.1 Å². The largest absolute Gasteiger partial charge is 0.497 e. The average Bonchev–Trinajstić information content (AvgIpc) is 3.09. The van der Waals surface area contributed by atoms with Crippen LogP contribution in [0.3, 0.4) is 0 Å². The first-order chi connectivity index (χ1) is 15.2. The summed E-state index contributed by atoms with van der Waals surface area (Å²) in [6.45, 7) is 0.449. The molecule has 3 aromatic carbocycles. The van der Waals surface area contributed by atoms with E-state index in [4.69, 9.17) is 14.5 Å². The van der Waals surface area contributed by atoms with Crippen molar-refractivity contribution >= 4 is 34.6 Å². The van der Waals surface area contributed by atoms with E-state index in [0.717, 1.165) is 16.8 Å². The van der Waals surface area contributed by atoms with Crippen LogP contribution in [0.25, 0.3) is 6.08 Å². The van der Waals surface area contributed by atoms with Crippen molar-refractivity contribution in [3.63, 3.8) is 0 Å². The summed E-state index contributed by atoms with van der Waals surface area (Å²) in [4.78, 5) is 20.4. The van der Waals surface area contributed by atoms with Crippen molar-refractivity contribution in [1.29, 1.82) is 0 Å². The number of carbonyl (C=O) groups is 1. The van der Waals surface area contributed by atoms with Crippen LogP contribution in [-0.4, -0.2) is 30.2 Å². The number of hydrogen-bond acceptors (Lipinski definition) is 5. The molecule has 0 bridgehead atoms. The van der Waals surface area contributed by atoms with Crippen LogP contribution in [0.4, 0.5) is 5.69 Å². The highest BCUT2D eigenvalue weighted by Crippen LogP contribution is 2.37. The molecule has 0 N–H and O–H groups in total. The smallest absolute Gasteiger partial charge is 0.267 e. The van der Waals surface area contributed by atoms with Gasteiger partial charge in [0.05, 0.1) is 31.4 Å². The Kier molecular flexibility index (Phi) is 6.38. The fraction of sp³-hybridized carbons (Fsp3) is 0.120. The van der Waals surface area contributed by atoms with Gasteiger partial charge in [-0.2, -0.15) is 0 Å². The molecule has 1 saturated heterocycles. The van der Waals surface area contributed by atoms with Gasteiger partial charge in [0.2, 0.25) is 0 Å². The van der Waals surface area contributed by atoms with Gasteiger partial charge in [-0.1, -0.05) is 48.5 Å². The maximum absolute atomic E-state index is 13.4. The van der Waals surface area contributed by atoms with Gasteiger partial charge in [-0.25, -0.2) is 4.99 Å². The highest BCUT2D eigenvalue weighted by Gasteiger charge is 2.33. The second-order valence-electron chi connectivity index (χ2n) is 6.83. The number of para-hydroxylation sites is 1. The molecule has 5 nitrogen and oxygen atoms in total. The van der Waals surface area contributed by atoms with Crippen molar-refractivity contribution in [2.24, 2.45) is 4.99 Å². The molecule has 6 heteroatoms. The van der Waals surface area contributed by atoms with Gasteiger partial charge < -0.3 is 9.47 Å². The second kappa shape index (κ2) is 9.53. The van der Waals surface area contributed by atoms with Gasteiger partial charge >= 0.3 is 0 Å². The Hall–Kier alpha value is -3.51. The number of aliphatic imine (C=N–C) groups is 1. The number of methoxy groups -OCH3 is 2. The van der Waals surface area contributed by atoms with Gasteiger partial charge in [0, 0.05) is 5.56 Å². The van der Waals surface area contributed by atoms with Gasteiger partial charge in [-0.15, -0.1) is 0 Å². The first kappa shape index (κ1) is 20.8. The molecule has 156 valence electrons. The van der Waals surface area contributed by atoms with Crippen LogP contribution < -0.4 is 9.47 Å². The Morgan fingerprint density at radius 1 is 0.935 bits per heavy atom. The van der Waals surface area contributed by atoms with E-state index in [-0.39, 0.29) is 5.91 Å². The third-order valence-electron chi connectivity index (χ3n) is 4.78. The summed E-state index contributed by atoms with van der Waals surface area (Å²) in [7, 11) is 3.22. The maximum atomic E-state index is 13.4. The number of amides is 1. The normalized spacial score (nSPS) is 16.2. The minimum absolute atomic E-state index is 0.0894. The third kappa shape index (κ3) is 4.81. The molecule has 1 aliphatic rings. The molecule has 31 heavy (non-hydrogen) atoms. The lowest BCUT2D eigenvalue weighted by molar-refractivity contribution is -0.122. The summed E-state index contributed by atoms with van der Waals surface area (Å²) >= 11 is 1.36. The monoisotopic (exact) mass is 430 g/mol. The molecule has 0 saturated carbocycles. The SMILES string of the molecule is COc1ccc(OC)c(C=C2SC(=Nc3ccccc3)N(Cc3ccccc3)C2=O)c1. The van der Waals surface area contributed by atoms with Crippen LogP contribution >= 0.6 is 11.8 Å². The lowest BCUT2D eigenvalue weighted by atomic mass is 10.1. The quantitative estimate of drug-likeness (QED) is 0.484. The number of amidine groups is 1. The van der Waals surface area contributed by atoms with E-state index >= 15 is 0 Å². The van der Waals surface area contributed by atoms with Gasteiger partial charge in [0.25, 0.3) is 5.91 Å². The Morgan fingerprint density at radius 3 is 2.32 bits per heavy atom. The van der Waals surface area contributed by atoms with Crippen LogP contribution in [0.1, 0.15) is 11.1 Å². The van der Waals surface area contributed by atoms with E-state index in [1.54, 1.807) is 19.1 Å². The number of hydrogen-bond donors (Lipinski definition) is 0. The Morgan fingerprint density at radius 2 is 1.65 bits per heavy atom. The summed E-state index contributed by atoms with van der Waals surface area (Å²) < 4.78 is 10.8. The summed E-state index contributed by atoms with van der Waals surface area (Å²) in [6.07, 6.45) is 1.83. The zero-order valence-electron chi connectivity index (χ0n) is 17.3. The molecule has 4 rings (SSSR count). The van der Waals surface area contributed by atoms with Crippen molar-refractivity contribution in [3.05, 3.63) is 94.9 Å². The zero-order valence-corrected chi connectivity index (χ0v) is 18.1. The third-order valence-corrected chi connectivity index (χ3v) is 5.78. The van der Waals surface area contributed by atoms with Crippen LogP contribution in [0, 0.1) is 0 Å². The second-order valence-corrected chi connectivity index (χ2v) is 7.83. The number of carbonyl (C=O) groups excluding carboxylic acids is 1. The number of rotatable bonds is 6. The van der Waals surface area contributed by atoms with E-state index in [9.17, 15) is 4.79 Å². The van der Waals surface area contributed by atoms with E-state index < -0.39 is 0 Å². The van der Waals surface area contributed by atoms with Crippen LogP contribution in [0.2, 0.25) is 0 Å². The highest BCUT2D eigenvalue weighted by molar-refractivity contribution is 8.18. The fourth-order valence-corrected chi connectivity index (χ4v) is 4.19. The number of benzene rings is 3. The van der Waals surface area contributed by atoms with Crippen molar-refractivity contribution in [1.82, 2.24) is 4.90 Å². The fourth-order valence-electron chi connectivity index (χ4n) is 3.20. The van der Waals surface area contributed by atoms with Crippen LogP contribution in [0.15, 0.2) is 88.8 Å². The molecule has 1 heterocycles. The number of ether oxygens (including phenoxy) is 2. The Labute approximate surface area is 186 Å². The standard InChI is InChI=1S/C25H22N2O3S/c1-29-21-13-14-22(30-2)19(15-21)16-23-24(28)27(17-18-9-5-3-6-10-18)25(31-23)26-20-11-7-4-8-12-20/h3-16H,17H2,1-2H3. The minimum atomic E-state index is -0.0894. The summed E-state index contributed by atoms with van der Waals surface area (Å²) in [5.41, 5.74) is 2.62. The Balaban J connectivity index is 1.73. The number of thioether (sulfide) groups is 1. The number of nitrogens with zero attached hydrogens (tertiary/aromatic N) is 2. The van der Waals surface area contributed by atoms with E-state index in [1.165, 1.54) is 11.8 Å². The zero-order chi connectivity index (χ0) is 21.6. The molecule has 0 spiro atoms. The average molecular weight is 431 g/mol. The molecule has 3 aromatic rings. The summed E-state index contributed by atoms with van der Waals surface area (Å²) in [5.74, 6) is 1.28. The molecule has 1 fully saturated rings.